The predicted molar refractivity (Wildman–Crippen MR) is 86.2 cm³/mol. The van der Waals surface area contributed by atoms with Crippen LogP contribution in [0, 0.1) is 0 Å². The fourth-order valence-corrected chi connectivity index (χ4v) is 3.21. The van der Waals surface area contributed by atoms with Crippen LogP contribution in [0.1, 0.15) is 10.4 Å². The van der Waals surface area contributed by atoms with Gasteiger partial charge in [-0.05, 0) is 24.3 Å². The van der Waals surface area contributed by atoms with Gasteiger partial charge in [0.15, 0.2) is 0 Å². The minimum absolute atomic E-state index is 0.0599. The monoisotopic (exact) mass is 311 g/mol. The fourth-order valence-electron chi connectivity index (χ4n) is 2.19. The molecule has 0 unspecified atom stereocenters. The van der Waals surface area contributed by atoms with Crippen LogP contribution in [0.5, 0.6) is 5.75 Å². The van der Waals surface area contributed by atoms with E-state index in [1.54, 1.807) is 43.6 Å². The van der Waals surface area contributed by atoms with Crippen LogP contribution in [-0.4, -0.2) is 19.3 Å². The number of amides is 1. The van der Waals surface area contributed by atoms with Crippen LogP contribution in [0.15, 0.2) is 64.5 Å². The molecule has 0 atom stereocenters. The van der Waals surface area contributed by atoms with Gasteiger partial charge in [-0.2, -0.15) is 0 Å². The maximum absolute atomic E-state index is 12.3. The van der Waals surface area contributed by atoms with E-state index >= 15 is 0 Å². The van der Waals surface area contributed by atoms with Gasteiger partial charge < -0.3 is 4.74 Å². The molecule has 22 heavy (non-hydrogen) atoms. The summed E-state index contributed by atoms with van der Waals surface area (Å²) >= 11 is 1.37. The zero-order chi connectivity index (χ0) is 15.5. The molecule has 1 amide bonds. The van der Waals surface area contributed by atoms with Gasteiger partial charge in [0.05, 0.1) is 17.7 Å². The molecule has 0 saturated heterocycles. The smallest absolute Gasteiger partial charge is 0.218 e. The van der Waals surface area contributed by atoms with Gasteiger partial charge >= 0.3 is 0 Å². The van der Waals surface area contributed by atoms with Gasteiger partial charge in [0.1, 0.15) is 5.75 Å². The first-order valence-electron chi connectivity index (χ1n) is 6.64. The molecule has 1 aliphatic rings. The molecule has 4 nitrogen and oxygen atoms in total. The van der Waals surface area contributed by atoms with Crippen molar-refractivity contribution in [3.05, 3.63) is 65.2 Å². The molecule has 0 aromatic heterocycles. The molecule has 0 N–H and O–H groups in total. The average Bonchev–Trinajstić information content (AvgIpc) is 2.89. The number of anilines is 1. The topological polar surface area (TPSA) is 46.6 Å². The Morgan fingerprint density at radius 3 is 2.68 bits per heavy atom. The zero-order valence-electron chi connectivity index (χ0n) is 11.9. The first kappa shape index (κ1) is 14.4. The lowest BCUT2D eigenvalue weighted by molar-refractivity contribution is -0.106. The van der Waals surface area contributed by atoms with Gasteiger partial charge in [-0.25, -0.2) is 0 Å². The van der Waals surface area contributed by atoms with Crippen molar-refractivity contribution in [1.29, 1.82) is 0 Å². The molecule has 0 fully saturated rings. The largest absolute Gasteiger partial charge is 0.497 e. The normalized spacial score (nSPS) is 14.8. The molecule has 1 heterocycles. The van der Waals surface area contributed by atoms with E-state index in [9.17, 15) is 9.59 Å². The Kier molecular flexibility index (Phi) is 3.98. The van der Waals surface area contributed by atoms with E-state index in [0.29, 0.717) is 28.3 Å². The summed E-state index contributed by atoms with van der Waals surface area (Å²) in [6, 6.07) is 14.5. The molecule has 0 radical (unpaired) electrons. The third kappa shape index (κ3) is 2.63. The molecule has 0 spiro atoms. The minimum atomic E-state index is -0.0599. The first-order chi connectivity index (χ1) is 10.7. The lowest BCUT2D eigenvalue weighted by Crippen LogP contribution is -2.14. The number of ether oxygens (including phenoxy) is 1. The Hall–Kier alpha value is -2.53. The van der Waals surface area contributed by atoms with Crippen molar-refractivity contribution in [2.24, 2.45) is 0 Å². The van der Waals surface area contributed by atoms with E-state index in [2.05, 4.69) is 0 Å². The molecule has 0 bridgehead atoms. The average molecular weight is 311 g/mol. The van der Waals surface area contributed by atoms with Crippen LogP contribution in [0.4, 0.5) is 5.69 Å². The van der Waals surface area contributed by atoms with E-state index in [1.807, 2.05) is 18.2 Å². The number of thioether (sulfide) groups is 1. The van der Waals surface area contributed by atoms with E-state index in [0.717, 1.165) is 4.90 Å². The van der Waals surface area contributed by atoms with Crippen LogP contribution in [0.2, 0.25) is 0 Å². The number of rotatable bonds is 4. The summed E-state index contributed by atoms with van der Waals surface area (Å²) in [6.07, 6.45) is 2.24. The number of hydrogen-bond acceptors (Lipinski definition) is 4. The predicted octanol–water partition coefficient (Wildman–Crippen LogP) is 3.49. The zero-order valence-corrected chi connectivity index (χ0v) is 12.7. The number of nitrogens with zero attached hydrogens (tertiary/aromatic N) is 1. The quantitative estimate of drug-likeness (QED) is 0.640. The van der Waals surface area contributed by atoms with E-state index in [-0.39, 0.29) is 5.78 Å². The van der Waals surface area contributed by atoms with Gasteiger partial charge in [0.25, 0.3) is 0 Å². The number of methoxy groups -OCH3 is 1. The molecule has 2 aromatic carbocycles. The van der Waals surface area contributed by atoms with Gasteiger partial charge in [-0.1, -0.05) is 30.0 Å². The lowest BCUT2D eigenvalue weighted by atomic mass is 10.1. The highest BCUT2D eigenvalue weighted by Crippen LogP contribution is 2.40. The Bertz CT molecular complexity index is 770. The van der Waals surface area contributed by atoms with Gasteiger partial charge in [0.2, 0.25) is 12.2 Å². The van der Waals surface area contributed by atoms with Crippen LogP contribution in [0.25, 0.3) is 0 Å². The summed E-state index contributed by atoms with van der Waals surface area (Å²) in [5.41, 5.74) is 1.32. The number of benzene rings is 2. The van der Waals surface area contributed by atoms with Gasteiger partial charge in [-0.3, -0.25) is 14.5 Å². The van der Waals surface area contributed by atoms with E-state index in [4.69, 9.17) is 4.74 Å². The number of Topliss-reactive ketones (excluding diaryl/α,β-unsaturated/α-hetero) is 1. The fraction of sp³-hybridized carbons (Fsp3) is 0.0588. The molecule has 3 rings (SSSR count). The van der Waals surface area contributed by atoms with Gasteiger partial charge in [-0.15, -0.1) is 0 Å². The summed E-state index contributed by atoms with van der Waals surface area (Å²) in [7, 11) is 1.57. The highest BCUT2D eigenvalue weighted by atomic mass is 32.2. The van der Waals surface area contributed by atoms with Crippen LogP contribution < -0.4 is 9.64 Å². The Balaban J connectivity index is 1.93. The highest BCUT2D eigenvalue weighted by Gasteiger charge is 2.26. The second-order valence-electron chi connectivity index (χ2n) is 4.63. The van der Waals surface area contributed by atoms with Crippen LogP contribution >= 0.6 is 11.8 Å². The van der Waals surface area contributed by atoms with E-state index < -0.39 is 0 Å². The summed E-state index contributed by atoms with van der Waals surface area (Å²) in [4.78, 5) is 26.6. The SMILES string of the molecule is COc1cccc(N(C=O)C=C2Sc3ccccc3C2=O)c1. The maximum atomic E-state index is 12.3. The maximum Gasteiger partial charge on any atom is 0.218 e. The molecular weight excluding hydrogens is 298 g/mol. The summed E-state index contributed by atoms with van der Waals surface area (Å²) in [6.45, 7) is 0. The van der Waals surface area contributed by atoms with Crippen LogP contribution in [-0.2, 0) is 4.79 Å². The number of carbonyl (C=O) groups excluding carboxylic acids is 2. The van der Waals surface area contributed by atoms with Crippen molar-refractivity contribution in [2.45, 2.75) is 4.90 Å². The van der Waals surface area contributed by atoms with Gasteiger partial charge in [0, 0.05) is 22.7 Å². The number of carbonyl (C=O) groups is 2. The molecule has 0 saturated carbocycles. The number of hydrogen-bond donors (Lipinski definition) is 0. The first-order valence-corrected chi connectivity index (χ1v) is 7.45. The lowest BCUT2D eigenvalue weighted by Gasteiger charge is -2.14. The van der Waals surface area contributed by atoms with Crippen molar-refractivity contribution in [3.63, 3.8) is 0 Å². The van der Waals surface area contributed by atoms with Crippen molar-refractivity contribution in [1.82, 2.24) is 0 Å². The second-order valence-corrected chi connectivity index (χ2v) is 5.72. The Morgan fingerprint density at radius 2 is 1.95 bits per heavy atom. The summed E-state index contributed by atoms with van der Waals surface area (Å²) < 4.78 is 5.16. The number of ketones is 1. The minimum Gasteiger partial charge on any atom is -0.497 e. The van der Waals surface area contributed by atoms with Crippen LogP contribution in [0.3, 0.4) is 0 Å². The standard InChI is InChI=1S/C17H13NO3S/c1-21-13-6-4-5-12(9-13)18(11-19)10-16-17(20)14-7-2-3-8-15(14)22-16/h2-11H,1H3. The Labute approximate surface area is 132 Å². The number of allylic oxidation sites excluding steroid dienone is 1. The Morgan fingerprint density at radius 1 is 1.14 bits per heavy atom. The van der Waals surface area contributed by atoms with Crippen molar-refractivity contribution >= 4 is 29.6 Å². The van der Waals surface area contributed by atoms with E-state index in [1.165, 1.54) is 16.7 Å². The molecular formula is C17H13NO3S. The molecule has 0 aliphatic carbocycles. The van der Waals surface area contributed by atoms with Crippen molar-refractivity contribution in [3.8, 4) is 5.75 Å². The summed E-state index contributed by atoms with van der Waals surface area (Å²) in [5, 5.41) is 0. The van der Waals surface area contributed by atoms with Crippen molar-refractivity contribution < 1.29 is 14.3 Å². The molecule has 5 heteroatoms. The molecule has 1 aliphatic heterocycles. The number of fused-ring (bicyclic) bond motifs is 1. The second kappa shape index (κ2) is 6.07. The third-order valence-corrected chi connectivity index (χ3v) is 4.38. The van der Waals surface area contributed by atoms with Crippen molar-refractivity contribution in [2.75, 3.05) is 12.0 Å². The third-order valence-electron chi connectivity index (χ3n) is 3.30. The highest BCUT2D eigenvalue weighted by molar-refractivity contribution is 8.04. The molecule has 110 valence electrons. The summed E-state index contributed by atoms with van der Waals surface area (Å²) in [5.74, 6) is 0.590. The molecule has 2 aromatic rings.